The number of nitrogens with zero attached hydrogens (tertiary/aromatic N) is 1. The van der Waals surface area contributed by atoms with Gasteiger partial charge >= 0.3 is 5.97 Å². The van der Waals surface area contributed by atoms with E-state index in [4.69, 9.17) is 11.2 Å². The van der Waals surface area contributed by atoms with Crippen LogP contribution in [0.4, 0.5) is 0 Å². The van der Waals surface area contributed by atoms with Crippen LogP contribution in [0.2, 0.25) is 19.6 Å². The first kappa shape index (κ1) is 23.0. The van der Waals surface area contributed by atoms with Crippen LogP contribution in [-0.2, 0) is 19.6 Å². The highest BCUT2D eigenvalue weighted by Crippen LogP contribution is 2.21. The molecule has 0 bridgehead atoms. The van der Waals surface area contributed by atoms with Gasteiger partial charge in [0.15, 0.2) is 0 Å². The van der Waals surface area contributed by atoms with Crippen LogP contribution in [0.5, 0.6) is 0 Å². The average molecular weight is 406 g/mol. The molecular weight excluding hydrogens is 378 g/mol. The number of esters is 1. The molecule has 0 spiro atoms. The summed E-state index contributed by atoms with van der Waals surface area (Å²) in [7, 11) is -5.68. The summed E-state index contributed by atoms with van der Waals surface area (Å²) in [5.41, 5.74) is 4.07. The van der Waals surface area contributed by atoms with Crippen molar-refractivity contribution < 1.29 is 17.9 Å². The van der Waals surface area contributed by atoms with E-state index < -0.39 is 30.1 Å². The van der Waals surface area contributed by atoms with Gasteiger partial charge in [-0.05, 0) is 26.0 Å². The zero-order valence-electron chi connectivity index (χ0n) is 16.6. The van der Waals surface area contributed by atoms with Crippen molar-refractivity contribution in [3.63, 3.8) is 0 Å². The Morgan fingerprint density at radius 2 is 1.85 bits per heavy atom. The summed E-state index contributed by atoms with van der Waals surface area (Å²) in [6.07, 6.45) is 5.31. The first-order chi connectivity index (χ1) is 12.5. The highest BCUT2D eigenvalue weighted by molar-refractivity contribution is 7.89. The zero-order chi connectivity index (χ0) is 20.7. The summed E-state index contributed by atoms with van der Waals surface area (Å²) >= 11 is 0. The van der Waals surface area contributed by atoms with E-state index in [0.29, 0.717) is 0 Å². The fraction of sp³-hybridized carbons (Fsp3) is 0.450. The molecular formula is C20H27NO4SSi. The minimum atomic E-state index is -3.97. The van der Waals surface area contributed by atoms with Crippen LogP contribution in [0.25, 0.3) is 0 Å². The molecule has 0 saturated heterocycles. The molecule has 1 aromatic carbocycles. The van der Waals surface area contributed by atoms with E-state index in [0.717, 1.165) is 9.87 Å². The standard InChI is InChI=1S/C20H27NO4SSi/c1-7-10-19(20(22)25-8-2)21(15-9-16-27(4,5)6)26(23,24)18-13-11-17(3)12-14-18/h1,11-14,19H,8,10,15H2,2-6H3. The summed E-state index contributed by atoms with van der Waals surface area (Å²) < 4.78 is 32.5. The van der Waals surface area contributed by atoms with Gasteiger partial charge in [0.2, 0.25) is 10.0 Å². The fourth-order valence-electron chi connectivity index (χ4n) is 2.24. The van der Waals surface area contributed by atoms with Crippen molar-refractivity contribution in [3.8, 4) is 23.8 Å². The summed E-state index contributed by atoms with van der Waals surface area (Å²) in [6, 6.07) is 5.33. The molecule has 0 heterocycles. The van der Waals surface area contributed by atoms with Gasteiger partial charge in [0, 0.05) is 6.42 Å². The van der Waals surface area contributed by atoms with E-state index in [2.05, 4.69) is 37.0 Å². The second kappa shape index (κ2) is 9.75. The Kier molecular flexibility index (Phi) is 8.30. The molecule has 27 heavy (non-hydrogen) atoms. The van der Waals surface area contributed by atoms with E-state index in [1.54, 1.807) is 19.1 Å². The lowest BCUT2D eigenvalue weighted by molar-refractivity contribution is -0.147. The average Bonchev–Trinajstić information content (AvgIpc) is 2.56. The minimum absolute atomic E-state index is 0.0848. The number of hydrogen-bond donors (Lipinski definition) is 0. The van der Waals surface area contributed by atoms with Gasteiger partial charge < -0.3 is 4.74 Å². The Morgan fingerprint density at radius 1 is 1.26 bits per heavy atom. The van der Waals surface area contributed by atoms with Crippen LogP contribution in [-0.4, -0.2) is 46.0 Å². The first-order valence-corrected chi connectivity index (χ1v) is 13.7. The number of terminal acetylenes is 1. The zero-order valence-corrected chi connectivity index (χ0v) is 18.4. The predicted molar refractivity (Wildman–Crippen MR) is 110 cm³/mol. The molecule has 0 aromatic heterocycles. The molecule has 1 unspecified atom stereocenters. The maximum Gasteiger partial charge on any atom is 0.325 e. The molecule has 0 aliphatic carbocycles. The first-order valence-electron chi connectivity index (χ1n) is 8.71. The van der Waals surface area contributed by atoms with E-state index in [1.807, 2.05) is 6.92 Å². The number of hydrogen-bond acceptors (Lipinski definition) is 4. The normalized spacial score (nSPS) is 12.6. The molecule has 0 N–H and O–H groups in total. The Morgan fingerprint density at radius 3 is 2.33 bits per heavy atom. The Bertz CT molecular complexity index is 852. The molecule has 0 amide bonds. The molecule has 146 valence electrons. The molecule has 7 heteroatoms. The molecule has 1 atom stereocenters. The van der Waals surface area contributed by atoms with Crippen molar-refractivity contribution >= 4 is 24.1 Å². The van der Waals surface area contributed by atoms with Crippen LogP contribution in [0, 0.1) is 30.7 Å². The lowest BCUT2D eigenvalue weighted by atomic mass is 10.2. The van der Waals surface area contributed by atoms with Gasteiger partial charge in [-0.1, -0.05) is 43.3 Å². The van der Waals surface area contributed by atoms with Crippen molar-refractivity contribution in [1.29, 1.82) is 0 Å². The van der Waals surface area contributed by atoms with Gasteiger partial charge in [-0.2, -0.15) is 4.31 Å². The fourth-order valence-corrected chi connectivity index (χ4v) is 4.33. The molecule has 1 rings (SSSR count). The second-order valence-corrected chi connectivity index (χ2v) is 13.7. The maximum absolute atomic E-state index is 13.2. The van der Waals surface area contributed by atoms with E-state index >= 15 is 0 Å². The molecule has 0 radical (unpaired) electrons. The number of aryl methyl sites for hydroxylation is 1. The van der Waals surface area contributed by atoms with Gasteiger partial charge in [0.05, 0.1) is 18.0 Å². The summed E-state index contributed by atoms with van der Waals surface area (Å²) in [4.78, 5) is 12.5. The third kappa shape index (κ3) is 6.87. The molecule has 0 aliphatic rings. The SMILES string of the molecule is C#CCC(C(=O)OCC)N(CC#C[Si](C)(C)C)S(=O)(=O)c1ccc(C)cc1. The van der Waals surface area contributed by atoms with Crippen LogP contribution in [0.1, 0.15) is 18.9 Å². The molecule has 1 aromatic rings. The molecule has 0 saturated carbocycles. The largest absolute Gasteiger partial charge is 0.465 e. The highest BCUT2D eigenvalue weighted by atomic mass is 32.2. The van der Waals surface area contributed by atoms with Crippen molar-refractivity contribution in [1.82, 2.24) is 4.31 Å². The summed E-state index contributed by atoms with van der Waals surface area (Å²) in [6.45, 7) is 9.72. The van der Waals surface area contributed by atoms with E-state index in [9.17, 15) is 13.2 Å². The van der Waals surface area contributed by atoms with Gasteiger partial charge in [0.25, 0.3) is 0 Å². The second-order valence-electron chi connectivity index (χ2n) is 7.09. The lowest BCUT2D eigenvalue weighted by Gasteiger charge is -2.27. The van der Waals surface area contributed by atoms with Gasteiger partial charge in [-0.25, -0.2) is 8.42 Å². The van der Waals surface area contributed by atoms with Crippen LogP contribution in [0.3, 0.4) is 0 Å². The van der Waals surface area contributed by atoms with E-state index in [-0.39, 0.29) is 24.5 Å². The Labute approximate surface area is 164 Å². The maximum atomic E-state index is 13.2. The topological polar surface area (TPSA) is 63.7 Å². The van der Waals surface area contributed by atoms with Crippen molar-refractivity contribution in [3.05, 3.63) is 29.8 Å². The van der Waals surface area contributed by atoms with Crippen molar-refractivity contribution in [2.45, 2.75) is 50.8 Å². The number of benzene rings is 1. The lowest BCUT2D eigenvalue weighted by Crippen LogP contribution is -2.46. The molecule has 5 nitrogen and oxygen atoms in total. The number of carbonyl (C=O) groups excluding carboxylic acids is 1. The Balaban J connectivity index is 3.41. The highest BCUT2D eigenvalue weighted by Gasteiger charge is 2.36. The van der Waals surface area contributed by atoms with E-state index in [1.165, 1.54) is 12.1 Å². The van der Waals surface area contributed by atoms with Crippen molar-refractivity contribution in [2.75, 3.05) is 13.2 Å². The van der Waals surface area contributed by atoms with Crippen molar-refractivity contribution in [2.24, 2.45) is 0 Å². The van der Waals surface area contributed by atoms with Gasteiger partial charge in [-0.15, -0.1) is 17.9 Å². The van der Waals surface area contributed by atoms with Gasteiger partial charge in [0.1, 0.15) is 14.1 Å². The number of carbonyl (C=O) groups is 1. The number of sulfonamides is 1. The predicted octanol–water partition coefficient (Wildman–Crippen LogP) is 2.82. The smallest absolute Gasteiger partial charge is 0.325 e. The summed E-state index contributed by atoms with van der Waals surface area (Å²) in [5, 5.41) is 0. The Hall–Kier alpha value is -2.06. The third-order valence-electron chi connectivity index (χ3n) is 3.54. The monoisotopic (exact) mass is 405 g/mol. The number of rotatable bonds is 7. The van der Waals surface area contributed by atoms with Crippen LogP contribution < -0.4 is 0 Å². The quantitative estimate of drug-likeness (QED) is 0.398. The molecule has 0 aliphatic heterocycles. The third-order valence-corrected chi connectivity index (χ3v) is 6.34. The summed E-state index contributed by atoms with van der Waals surface area (Å²) in [5.74, 6) is 4.65. The van der Waals surface area contributed by atoms with Gasteiger partial charge in [-0.3, -0.25) is 4.79 Å². The number of ether oxygens (including phenoxy) is 1. The van der Waals surface area contributed by atoms with Crippen LogP contribution >= 0.6 is 0 Å². The minimum Gasteiger partial charge on any atom is -0.465 e. The van der Waals surface area contributed by atoms with Crippen LogP contribution in [0.15, 0.2) is 29.2 Å². The molecule has 0 fully saturated rings.